The van der Waals surface area contributed by atoms with Crippen molar-refractivity contribution in [3.63, 3.8) is 0 Å². The van der Waals surface area contributed by atoms with E-state index in [2.05, 4.69) is 4.99 Å². The Kier molecular flexibility index (Phi) is 8.73. The van der Waals surface area contributed by atoms with Gasteiger partial charge in [-0.05, 0) is 62.7 Å². The summed E-state index contributed by atoms with van der Waals surface area (Å²) in [6, 6.07) is 9.36. The molecule has 0 aliphatic carbocycles. The van der Waals surface area contributed by atoms with Crippen LogP contribution in [0.15, 0.2) is 57.5 Å². The molecule has 0 spiro atoms. The minimum absolute atomic E-state index is 0.160. The van der Waals surface area contributed by atoms with Crippen LogP contribution in [0.1, 0.15) is 44.9 Å². The van der Waals surface area contributed by atoms with E-state index in [-0.39, 0.29) is 23.5 Å². The highest BCUT2D eigenvalue weighted by atomic mass is 32.1. The van der Waals surface area contributed by atoms with E-state index in [0.717, 1.165) is 0 Å². The van der Waals surface area contributed by atoms with Crippen LogP contribution in [0.25, 0.3) is 6.08 Å². The van der Waals surface area contributed by atoms with E-state index >= 15 is 0 Å². The number of benzene rings is 2. The van der Waals surface area contributed by atoms with Crippen molar-refractivity contribution in [3.8, 4) is 23.0 Å². The van der Waals surface area contributed by atoms with Crippen LogP contribution < -0.4 is 33.8 Å². The molecule has 1 aromatic heterocycles. The van der Waals surface area contributed by atoms with Gasteiger partial charge >= 0.3 is 11.9 Å². The Morgan fingerprint density at radius 2 is 1.77 bits per heavy atom. The molecule has 2 heterocycles. The third-order valence-electron chi connectivity index (χ3n) is 6.07. The van der Waals surface area contributed by atoms with Crippen LogP contribution in [0.5, 0.6) is 23.0 Å². The van der Waals surface area contributed by atoms with Crippen molar-refractivity contribution < 1.29 is 33.3 Å². The summed E-state index contributed by atoms with van der Waals surface area (Å²) in [6.45, 7) is 7.08. The van der Waals surface area contributed by atoms with Crippen LogP contribution >= 0.6 is 11.3 Å². The Hall–Kier alpha value is -4.38. The van der Waals surface area contributed by atoms with Gasteiger partial charge in [-0.25, -0.2) is 9.79 Å². The first kappa shape index (κ1) is 28.6. The van der Waals surface area contributed by atoms with E-state index in [0.29, 0.717) is 50.0 Å². The maximum atomic E-state index is 13.9. The highest BCUT2D eigenvalue weighted by Crippen LogP contribution is 2.38. The molecule has 0 saturated carbocycles. The van der Waals surface area contributed by atoms with Gasteiger partial charge in [-0.3, -0.25) is 14.2 Å². The lowest BCUT2D eigenvalue weighted by molar-refractivity contribution is -0.139. The molecule has 0 radical (unpaired) electrons. The number of nitrogens with zero attached hydrogens (tertiary/aromatic N) is 2. The number of ether oxygens (including phenoxy) is 5. The van der Waals surface area contributed by atoms with Gasteiger partial charge in [0.1, 0.15) is 17.5 Å². The third kappa shape index (κ3) is 5.64. The van der Waals surface area contributed by atoms with E-state index in [1.165, 1.54) is 37.0 Å². The number of hydrogen-bond donors (Lipinski definition) is 0. The molecule has 10 nitrogen and oxygen atoms in total. The second-order valence-electron chi connectivity index (χ2n) is 8.64. The molecule has 0 bridgehead atoms. The van der Waals surface area contributed by atoms with E-state index in [1.807, 2.05) is 6.92 Å². The largest absolute Gasteiger partial charge is 0.497 e. The average molecular weight is 567 g/mol. The summed E-state index contributed by atoms with van der Waals surface area (Å²) in [5.74, 6) is 0.621. The topological polar surface area (TPSA) is 115 Å². The predicted octanol–water partition coefficient (Wildman–Crippen LogP) is 3.14. The summed E-state index contributed by atoms with van der Waals surface area (Å²) in [7, 11) is 3.05. The Bertz CT molecular complexity index is 1670. The van der Waals surface area contributed by atoms with E-state index in [9.17, 15) is 14.4 Å². The number of aromatic nitrogens is 1. The molecule has 1 atom stereocenters. The van der Waals surface area contributed by atoms with Gasteiger partial charge in [0.25, 0.3) is 5.56 Å². The van der Waals surface area contributed by atoms with Gasteiger partial charge in [0.15, 0.2) is 16.3 Å². The second kappa shape index (κ2) is 12.2. The number of allylic oxidation sites excluding steroid dienone is 1. The zero-order valence-electron chi connectivity index (χ0n) is 23.1. The van der Waals surface area contributed by atoms with Gasteiger partial charge in [-0.1, -0.05) is 17.4 Å². The molecule has 0 saturated heterocycles. The molecular weight excluding hydrogens is 536 g/mol. The van der Waals surface area contributed by atoms with Gasteiger partial charge in [-0.15, -0.1) is 0 Å². The normalized spacial score (nSPS) is 14.8. The van der Waals surface area contributed by atoms with Gasteiger partial charge in [-0.2, -0.15) is 0 Å². The van der Waals surface area contributed by atoms with Crippen molar-refractivity contribution in [2.75, 3.05) is 27.4 Å². The van der Waals surface area contributed by atoms with Crippen molar-refractivity contribution in [1.82, 2.24) is 4.57 Å². The first-order valence-corrected chi connectivity index (χ1v) is 13.4. The van der Waals surface area contributed by atoms with Crippen molar-refractivity contribution in [1.29, 1.82) is 0 Å². The minimum atomic E-state index is -0.868. The Labute approximate surface area is 234 Å². The first-order chi connectivity index (χ1) is 19.2. The van der Waals surface area contributed by atoms with Crippen LogP contribution in [-0.2, 0) is 14.3 Å². The van der Waals surface area contributed by atoms with Crippen LogP contribution in [0, 0.1) is 0 Å². The van der Waals surface area contributed by atoms with Crippen LogP contribution in [0.3, 0.4) is 0 Å². The fourth-order valence-electron chi connectivity index (χ4n) is 4.41. The molecule has 11 heteroatoms. The lowest BCUT2D eigenvalue weighted by Crippen LogP contribution is -2.40. The molecule has 2 aromatic carbocycles. The van der Waals surface area contributed by atoms with Crippen molar-refractivity contribution in [3.05, 3.63) is 78.5 Å². The minimum Gasteiger partial charge on any atom is -0.497 e. The summed E-state index contributed by atoms with van der Waals surface area (Å²) in [6.07, 6.45) is 1.70. The lowest BCUT2D eigenvalue weighted by atomic mass is 9.94. The molecule has 3 aromatic rings. The van der Waals surface area contributed by atoms with Crippen molar-refractivity contribution >= 4 is 29.4 Å². The molecule has 4 rings (SSSR count). The zero-order chi connectivity index (χ0) is 29.0. The summed E-state index contributed by atoms with van der Waals surface area (Å²) >= 11 is 1.19. The first-order valence-electron chi connectivity index (χ1n) is 12.6. The summed E-state index contributed by atoms with van der Waals surface area (Å²) in [5, 5.41) is 0. The maximum Gasteiger partial charge on any atom is 0.338 e. The number of rotatable bonds is 9. The van der Waals surface area contributed by atoms with E-state index in [1.54, 1.807) is 56.3 Å². The number of esters is 2. The fraction of sp³-hybridized carbons (Fsp3) is 0.310. The second-order valence-corrected chi connectivity index (χ2v) is 9.65. The Morgan fingerprint density at radius 3 is 2.42 bits per heavy atom. The lowest BCUT2D eigenvalue weighted by Gasteiger charge is -2.26. The molecule has 210 valence electrons. The maximum absolute atomic E-state index is 13.9. The number of carbonyl (C=O) groups excluding carboxylic acids is 2. The monoisotopic (exact) mass is 566 g/mol. The zero-order valence-corrected chi connectivity index (χ0v) is 23.9. The Balaban J connectivity index is 1.95. The van der Waals surface area contributed by atoms with Gasteiger partial charge in [0, 0.05) is 12.5 Å². The van der Waals surface area contributed by atoms with Crippen LogP contribution in [0.2, 0.25) is 0 Å². The third-order valence-corrected chi connectivity index (χ3v) is 7.05. The fourth-order valence-corrected chi connectivity index (χ4v) is 5.46. The number of carbonyl (C=O) groups is 2. The van der Waals surface area contributed by atoms with Crippen LogP contribution in [-0.4, -0.2) is 43.9 Å². The molecule has 40 heavy (non-hydrogen) atoms. The predicted molar refractivity (Wildman–Crippen MR) is 149 cm³/mol. The number of hydrogen-bond acceptors (Lipinski definition) is 10. The van der Waals surface area contributed by atoms with Crippen molar-refractivity contribution in [2.24, 2.45) is 4.99 Å². The molecule has 0 fully saturated rings. The molecule has 1 aliphatic rings. The summed E-state index contributed by atoms with van der Waals surface area (Å²) in [4.78, 5) is 43.6. The smallest absolute Gasteiger partial charge is 0.338 e. The molecular formula is C29H30N2O8S. The summed E-state index contributed by atoms with van der Waals surface area (Å²) < 4.78 is 29.2. The summed E-state index contributed by atoms with van der Waals surface area (Å²) in [5.41, 5.74) is 1.52. The van der Waals surface area contributed by atoms with E-state index in [4.69, 9.17) is 23.7 Å². The van der Waals surface area contributed by atoms with E-state index < -0.39 is 18.0 Å². The SMILES string of the molecule is CCOC(=O)C1=C(C)N=c2s/c(=C\c3ccc(OC(C)=O)c(OCC)c3)c(=O)n2[C@@H]1c1cc(OC)ccc1OC. The molecule has 1 aliphatic heterocycles. The molecule has 0 unspecified atom stereocenters. The highest BCUT2D eigenvalue weighted by Gasteiger charge is 2.35. The molecule has 0 N–H and O–H groups in total. The average Bonchev–Trinajstić information content (AvgIpc) is 3.22. The van der Waals surface area contributed by atoms with Crippen LogP contribution in [0.4, 0.5) is 0 Å². The highest BCUT2D eigenvalue weighted by molar-refractivity contribution is 7.07. The number of thiazole rings is 1. The Morgan fingerprint density at radius 1 is 1.02 bits per heavy atom. The van der Waals surface area contributed by atoms with Gasteiger partial charge in [0.05, 0.1) is 43.2 Å². The van der Waals surface area contributed by atoms with Crippen molar-refractivity contribution in [2.45, 2.75) is 33.7 Å². The van der Waals surface area contributed by atoms with Gasteiger partial charge < -0.3 is 23.7 Å². The molecule has 0 amide bonds. The number of methoxy groups -OCH3 is 2. The number of fused-ring (bicyclic) bond motifs is 1. The quantitative estimate of drug-likeness (QED) is 0.287. The standard InChI is InChI=1S/C29H30N2O8S/c1-7-37-23-13-18(9-11-22(23)39-17(4)32)14-24-27(33)31-26(20-15-19(35-5)10-12-21(20)36-6)25(28(34)38-8-2)16(3)30-29(31)40-24/h9-15,26H,7-8H2,1-6H3/b24-14-/t26-/m1/s1. The van der Waals surface area contributed by atoms with Gasteiger partial charge in [0.2, 0.25) is 0 Å².